The second kappa shape index (κ2) is 7.99. The van der Waals surface area contributed by atoms with Crippen molar-refractivity contribution in [1.29, 1.82) is 0 Å². The number of carbonyl (C=O) groups is 2. The number of para-hydroxylation sites is 2. The Morgan fingerprint density at radius 3 is 2.65 bits per heavy atom. The molecule has 0 aliphatic heterocycles. The summed E-state index contributed by atoms with van der Waals surface area (Å²) in [4.78, 5) is 30.6. The number of ether oxygens (including phenoxy) is 1. The maximum Gasteiger partial charge on any atom is 0.228 e. The number of benzene rings is 1. The normalized spacial score (nSPS) is 18.1. The van der Waals surface area contributed by atoms with Crippen LogP contribution in [-0.4, -0.2) is 42.4 Å². The Hall–Kier alpha value is -2.89. The minimum atomic E-state index is -0.268. The summed E-state index contributed by atoms with van der Waals surface area (Å²) in [5, 5.41) is 2.86. The Labute approximate surface area is 153 Å². The van der Waals surface area contributed by atoms with E-state index in [1.54, 1.807) is 43.6 Å². The first-order chi connectivity index (χ1) is 12.6. The number of hydrogen-bond donors (Lipinski definition) is 1. The second-order valence-electron chi connectivity index (χ2n) is 6.50. The highest BCUT2D eigenvalue weighted by atomic mass is 16.5. The lowest BCUT2D eigenvalue weighted by Gasteiger charge is -2.17. The average Bonchev–Trinajstić information content (AvgIpc) is 3.47. The third kappa shape index (κ3) is 4.20. The molecule has 0 radical (unpaired) electrons. The molecule has 0 spiro atoms. The first-order valence-electron chi connectivity index (χ1n) is 8.68. The number of aromatic nitrogens is 1. The number of methoxy groups -OCH3 is 1. The number of hydrogen-bond acceptors (Lipinski definition) is 4. The highest BCUT2D eigenvalue weighted by Crippen LogP contribution is 2.41. The molecule has 2 aromatic rings. The Morgan fingerprint density at radius 2 is 1.92 bits per heavy atom. The van der Waals surface area contributed by atoms with Gasteiger partial charge in [-0.2, -0.15) is 0 Å². The monoisotopic (exact) mass is 353 g/mol. The zero-order valence-electron chi connectivity index (χ0n) is 15.0. The van der Waals surface area contributed by atoms with Crippen LogP contribution in [0.25, 0.3) is 0 Å². The quantitative estimate of drug-likeness (QED) is 0.829. The zero-order valence-corrected chi connectivity index (χ0v) is 15.0. The fraction of sp³-hybridized carbons (Fsp3) is 0.350. The van der Waals surface area contributed by atoms with Gasteiger partial charge in [-0.1, -0.05) is 12.1 Å². The van der Waals surface area contributed by atoms with Gasteiger partial charge in [0, 0.05) is 26.0 Å². The van der Waals surface area contributed by atoms with Crippen LogP contribution in [0.1, 0.15) is 12.0 Å². The molecular formula is C20H23N3O3. The lowest BCUT2D eigenvalue weighted by molar-refractivity contribution is -0.132. The maximum atomic E-state index is 12.5. The van der Waals surface area contributed by atoms with Crippen LogP contribution in [-0.2, 0) is 16.0 Å². The van der Waals surface area contributed by atoms with Gasteiger partial charge in [0.2, 0.25) is 11.8 Å². The number of likely N-dealkylation sites (N-methyl/N-ethyl adjacent to an activating group) is 1. The molecule has 1 aliphatic rings. The Balaban J connectivity index is 1.50. The summed E-state index contributed by atoms with van der Waals surface area (Å²) in [6, 6.07) is 11.1. The molecule has 26 heavy (non-hydrogen) atoms. The molecule has 3 rings (SSSR count). The van der Waals surface area contributed by atoms with Crippen LogP contribution in [0, 0.1) is 11.8 Å². The molecule has 6 heteroatoms. The summed E-state index contributed by atoms with van der Waals surface area (Å²) in [5.74, 6) is 0.0106. The summed E-state index contributed by atoms with van der Waals surface area (Å²) in [7, 11) is 3.35. The molecule has 0 bridgehead atoms. The van der Waals surface area contributed by atoms with Crippen LogP contribution in [0.15, 0.2) is 48.8 Å². The average molecular weight is 353 g/mol. The van der Waals surface area contributed by atoms with Crippen LogP contribution in [0.3, 0.4) is 0 Å². The number of pyridine rings is 1. The van der Waals surface area contributed by atoms with Gasteiger partial charge in [0.15, 0.2) is 0 Å². The molecule has 1 aromatic heterocycles. The number of rotatable bonds is 7. The van der Waals surface area contributed by atoms with E-state index in [0.29, 0.717) is 24.4 Å². The van der Waals surface area contributed by atoms with Crippen molar-refractivity contribution < 1.29 is 14.3 Å². The van der Waals surface area contributed by atoms with E-state index in [1.807, 2.05) is 24.3 Å². The standard InChI is InChI=1S/C20H23N3O3/c1-23(12-9-14-7-10-21-11-8-14)20(25)16-13-15(16)19(24)22-17-5-3-4-6-18(17)26-2/h3-8,10-11,15-16H,9,12-13H2,1-2H3,(H,22,24). The van der Waals surface area contributed by atoms with Crippen LogP contribution >= 0.6 is 0 Å². The van der Waals surface area contributed by atoms with Gasteiger partial charge in [0.05, 0.1) is 24.6 Å². The number of anilines is 1. The molecular weight excluding hydrogens is 330 g/mol. The Kier molecular flexibility index (Phi) is 5.51. The first kappa shape index (κ1) is 17.9. The lowest BCUT2D eigenvalue weighted by Crippen LogP contribution is -2.31. The van der Waals surface area contributed by atoms with Crippen molar-refractivity contribution in [1.82, 2.24) is 9.88 Å². The minimum absolute atomic E-state index is 0.0271. The third-order valence-corrected chi connectivity index (χ3v) is 4.67. The van der Waals surface area contributed by atoms with Crippen LogP contribution in [0.5, 0.6) is 5.75 Å². The lowest BCUT2D eigenvalue weighted by atomic mass is 10.2. The molecule has 0 saturated heterocycles. The third-order valence-electron chi connectivity index (χ3n) is 4.67. The molecule has 1 N–H and O–H groups in total. The highest BCUT2D eigenvalue weighted by Gasteiger charge is 2.49. The highest BCUT2D eigenvalue weighted by molar-refractivity contribution is 6.00. The van der Waals surface area contributed by atoms with Gasteiger partial charge in [-0.3, -0.25) is 14.6 Å². The largest absolute Gasteiger partial charge is 0.495 e. The SMILES string of the molecule is COc1ccccc1NC(=O)C1CC1C(=O)N(C)CCc1ccncc1. The van der Waals surface area contributed by atoms with Crippen LogP contribution < -0.4 is 10.1 Å². The fourth-order valence-corrected chi connectivity index (χ4v) is 2.97. The van der Waals surface area contributed by atoms with Gasteiger partial charge in [-0.05, 0) is 42.7 Å². The van der Waals surface area contributed by atoms with E-state index in [9.17, 15) is 9.59 Å². The summed E-state index contributed by atoms with van der Waals surface area (Å²) in [5.41, 5.74) is 1.77. The number of nitrogens with zero attached hydrogens (tertiary/aromatic N) is 2. The van der Waals surface area contributed by atoms with E-state index in [4.69, 9.17) is 4.74 Å². The van der Waals surface area contributed by atoms with Crippen molar-refractivity contribution in [3.05, 3.63) is 54.4 Å². The summed E-state index contributed by atoms with van der Waals surface area (Å²) in [6.07, 6.45) is 4.86. The number of carbonyl (C=O) groups excluding carboxylic acids is 2. The molecule has 2 unspecified atom stereocenters. The van der Waals surface area contributed by atoms with Gasteiger partial charge in [-0.25, -0.2) is 0 Å². The summed E-state index contributed by atoms with van der Waals surface area (Å²) in [6.45, 7) is 0.625. The van der Waals surface area contributed by atoms with Crippen molar-refractivity contribution in [3.8, 4) is 5.75 Å². The van der Waals surface area contributed by atoms with Crippen LogP contribution in [0.2, 0.25) is 0 Å². The van der Waals surface area contributed by atoms with Crippen molar-refractivity contribution in [2.24, 2.45) is 11.8 Å². The smallest absolute Gasteiger partial charge is 0.228 e. The van der Waals surface area contributed by atoms with E-state index in [-0.39, 0.29) is 23.7 Å². The van der Waals surface area contributed by atoms with Crippen LogP contribution in [0.4, 0.5) is 5.69 Å². The molecule has 6 nitrogen and oxygen atoms in total. The van der Waals surface area contributed by atoms with E-state index in [2.05, 4.69) is 10.3 Å². The molecule has 1 aromatic carbocycles. The molecule has 136 valence electrons. The molecule has 2 amide bonds. The van der Waals surface area contributed by atoms with E-state index in [0.717, 1.165) is 12.0 Å². The molecule has 1 aliphatic carbocycles. The number of nitrogens with one attached hydrogen (secondary N) is 1. The predicted molar refractivity (Wildman–Crippen MR) is 98.8 cm³/mol. The van der Waals surface area contributed by atoms with Gasteiger partial charge >= 0.3 is 0 Å². The van der Waals surface area contributed by atoms with Crippen molar-refractivity contribution in [2.75, 3.05) is 26.0 Å². The number of amides is 2. The van der Waals surface area contributed by atoms with E-state index >= 15 is 0 Å². The second-order valence-corrected chi connectivity index (χ2v) is 6.50. The molecule has 1 fully saturated rings. The van der Waals surface area contributed by atoms with E-state index in [1.165, 1.54) is 0 Å². The van der Waals surface area contributed by atoms with Gasteiger partial charge in [0.25, 0.3) is 0 Å². The van der Waals surface area contributed by atoms with Crippen molar-refractivity contribution in [3.63, 3.8) is 0 Å². The molecule has 2 atom stereocenters. The predicted octanol–water partition coefficient (Wildman–Crippen LogP) is 2.37. The zero-order chi connectivity index (χ0) is 18.5. The molecule has 1 saturated carbocycles. The molecule has 1 heterocycles. The van der Waals surface area contributed by atoms with Gasteiger partial charge in [-0.15, -0.1) is 0 Å². The fourth-order valence-electron chi connectivity index (χ4n) is 2.97. The van der Waals surface area contributed by atoms with Crippen molar-refractivity contribution >= 4 is 17.5 Å². The first-order valence-corrected chi connectivity index (χ1v) is 8.68. The maximum absolute atomic E-state index is 12.5. The van der Waals surface area contributed by atoms with Gasteiger partial charge < -0.3 is 15.0 Å². The summed E-state index contributed by atoms with van der Waals surface area (Å²) >= 11 is 0. The summed E-state index contributed by atoms with van der Waals surface area (Å²) < 4.78 is 5.24. The van der Waals surface area contributed by atoms with Gasteiger partial charge in [0.1, 0.15) is 5.75 Å². The topological polar surface area (TPSA) is 71.5 Å². The minimum Gasteiger partial charge on any atom is -0.495 e. The Bertz CT molecular complexity index is 779. The van der Waals surface area contributed by atoms with Crippen molar-refractivity contribution in [2.45, 2.75) is 12.8 Å². The van der Waals surface area contributed by atoms with E-state index < -0.39 is 0 Å². The Morgan fingerprint density at radius 1 is 1.19 bits per heavy atom.